The minimum atomic E-state index is -1.67. The van der Waals surface area contributed by atoms with E-state index in [9.17, 15) is 9.50 Å². The predicted molar refractivity (Wildman–Crippen MR) is 56.9 cm³/mol. The van der Waals surface area contributed by atoms with Crippen molar-refractivity contribution in [3.05, 3.63) is 0 Å². The molecule has 1 N–H and O–H groups in total. The zero-order chi connectivity index (χ0) is 11.4. The Kier molecular flexibility index (Phi) is 6.06. The Hall–Kier alpha value is 0.240. The van der Waals surface area contributed by atoms with Gasteiger partial charge in [-0.15, -0.1) is 0 Å². The third-order valence-corrected chi connectivity index (χ3v) is 2.56. The van der Waals surface area contributed by atoms with E-state index < -0.39 is 24.0 Å². The second-order valence-corrected chi connectivity index (χ2v) is 3.58. The normalized spacial score (nSPS) is 41.8. The molecule has 1 saturated heterocycles. The lowest BCUT2D eigenvalue weighted by Crippen LogP contribution is -2.40. The second-order valence-electron chi connectivity index (χ2n) is 3.25. The van der Waals surface area contributed by atoms with Crippen LogP contribution in [0.15, 0.2) is 0 Å². The lowest BCUT2D eigenvalue weighted by atomic mass is 9.96. The van der Waals surface area contributed by atoms with Crippen LogP contribution in [0.1, 0.15) is 27.7 Å². The summed E-state index contributed by atoms with van der Waals surface area (Å²) in [6.07, 6.45) is -2.25. The molecular formula is C9H20FO3P. The maximum Gasteiger partial charge on any atom is 0.162 e. The van der Waals surface area contributed by atoms with Crippen molar-refractivity contribution < 1.29 is 18.8 Å². The van der Waals surface area contributed by atoms with Crippen LogP contribution in [0, 0.1) is 0 Å². The molecule has 0 radical (unpaired) electrons. The number of hydrogen-bond donors (Lipinski definition) is 1. The smallest absolute Gasteiger partial charge is 0.162 e. The summed E-state index contributed by atoms with van der Waals surface area (Å²) >= 11 is 0. The minimum Gasteiger partial charge on any atom is -0.387 e. The van der Waals surface area contributed by atoms with Crippen molar-refractivity contribution in [2.45, 2.75) is 51.7 Å². The average Bonchev–Trinajstić information content (AvgIpc) is 2.35. The van der Waals surface area contributed by atoms with E-state index in [1.165, 1.54) is 6.92 Å². The topological polar surface area (TPSA) is 38.7 Å². The van der Waals surface area contributed by atoms with Crippen molar-refractivity contribution in [2.75, 3.05) is 6.61 Å². The van der Waals surface area contributed by atoms with E-state index in [0.29, 0.717) is 0 Å². The molecule has 1 aliphatic heterocycles. The quantitative estimate of drug-likeness (QED) is 0.728. The Morgan fingerprint density at radius 1 is 1.57 bits per heavy atom. The zero-order valence-corrected chi connectivity index (χ0v) is 10.3. The van der Waals surface area contributed by atoms with Crippen LogP contribution in [0.3, 0.4) is 0 Å². The molecule has 0 amide bonds. The van der Waals surface area contributed by atoms with Gasteiger partial charge in [0.2, 0.25) is 0 Å². The molecule has 5 heteroatoms. The monoisotopic (exact) mass is 226 g/mol. The molecule has 3 nitrogen and oxygen atoms in total. The van der Waals surface area contributed by atoms with E-state index >= 15 is 0 Å². The van der Waals surface area contributed by atoms with Crippen LogP contribution in [0.5, 0.6) is 0 Å². The molecule has 1 rings (SSSR count). The van der Waals surface area contributed by atoms with Gasteiger partial charge >= 0.3 is 0 Å². The van der Waals surface area contributed by atoms with Crippen molar-refractivity contribution in [3.8, 4) is 0 Å². The first-order chi connectivity index (χ1) is 6.50. The maximum atomic E-state index is 13.5. The molecule has 86 valence electrons. The molecule has 1 heterocycles. The fourth-order valence-corrected chi connectivity index (χ4v) is 1.49. The van der Waals surface area contributed by atoms with Gasteiger partial charge in [0.05, 0.1) is 12.7 Å². The highest BCUT2D eigenvalue weighted by Crippen LogP contribution is 2.34. The van der Waals surface area contributed by atoms with E-state index in [1.807, 2.05) is 23.3 Å². The van der Waals surface area contributed by atoms with Gasteiger partial charge in [0.1, 0.15) is 12.2 Å². The van der Waals surface area contributed by atoms with Crippen LogP contribution >= 0.6 is 9.47 Å². The van der Waals surface area contributed by atoms with Gasteiger partial charge in [-0.25, -0.2) is 4.39 Å². The Morgan fingerprint density at radius 3 is 2.36 bits per heavy atom. The number of ether oxygens (including phenoxy) is 1. The van der Waals surface area contributed by atoms with Crippen molar-refractivity contribution in [1.82, 2.24) is 0 Å². The molecule has 0 spiro atoms. The Labute approximate surface area is 87.3 Å². The van der Waals surface area contributed by atoms with Crippen molar-refractivity contribution in [2.24, 2.45) is 0 Å². The van der Waals surface area contributed by atoms with Gasteiger partial charge in [0.25, 0.3) is 0 Å². The number of aliphatic hydroxyl groups excluding tert-OH is 1. The van der Waals surface area contributed by atoms with Crippen molar-refractivity contribution in [3.63, 3.8) is 0 Å². The van der Waals surface area contributed by atoms with Crippen LogP contribution in [0.2, 0.25) is 0 Å². The summed E-state index contributed by atoms with van der Waals surface area (Å²) < 4.78 is 23.4. The molecule has 0 aromatic carbocycles. The molecule has 0 aromatic rings. The Balaban J connectivity index is 0.000000791. The summed E-state index contributed by atoms with van der Waals surface area (Å²) in [5.41, 5.74) is -1.67. The Bertz CT molecular complexity index is 166. The standard InChI is InChI=1S/C7H14FO3P.C2H6/c1-4-7(2,8)6(9)5(11-4)3-10-12;1-2/h4-6,9H,3,12H2,1-2H3;1-2H3. The summed E-state index contributed by atoms with van der Waals surface area (Å²) in [6, 6.07) is 0. The fourth-order valence-electron chi connectivity index (χ4n) is 1.30. The zero-order valence-electron chi connectivity index (χ0n) is 9.16. The number of halogens is 1. The summed E-state index contributed by atoms with van der Waals surface area (Å²) in [5.74, 6) is 0. The highest BCUT2D eigenvalue weighted by molar-refractivity contribution is 7.09. The molecule has 14 heavy (non-hydrogen) atoms. The molecular weight excluding hydrogens is 206 g/mol. The summed E-state index contributed by atoms with van der Waals surface area (Å²) in [6.45, 7) is 7.13. The van der Waals surface area contributed by atoms with Gasteiger partial charge in [-0.05, 0) is 13.8 Å². The van der Waals surface area contributed by atoms with Gasteiger partial charge in [0, 0.05) is 9.47 Å². The van der Waals surface area contributed by atoms with Crippen molar-refractivity contribution >= 4 is 9.47 Å². The SMILES string of the molecule is CC.CC1OC(COP)C(O)C1(C)F. The first kappa shape index (κ1) is 14.2. The van der Waals surface area contributed by atoms with Gasteiger partial charge < -0.3 is 14.4 Å². The van der Waals surface area contributed by atoms with E-state index in [0.717, 1.165) is 0 Å². The van der Waals surface area contributed by atoms with Crippen LogP contribution in [-0.2, 0) is 9.26 Å². The lowest BCUT2D eigenvalue weighted by molar-refractivity contribution is -0.00734. The first-order valence-electron chi connectivity index (χ1n) is 4.84. The highest BCUT2D eigenvalue weighted by Gasteiger charge is 2.51. The van der Waals surface area contributed by atoms with Crippen LogP contribution in [0.25, 0.3) is 0 Å². The van der Waals surface area contributed by atoms with Crippen molar-refractivity contribution in [1.29, 1.82) is 0 Å². The van der Waals surface area contributed by atoms with Gasteiger partial charge in [-0.2, -0.15) is 0 Å². The molecule has 0 aliphatic carbocycles. The van der Waals surface area contributed by atoms with Crippen LogP contribution < -0.4 is 0 Å². The Morgan fingerprint density at radius 2 is 2.07 bits per heavy atom. The number of hydrogen-bond acceptors (Lipinski definition) is 3. The molecule has 5 unspecified atom stereocenters. The lowest BCUT2D eigenvalue weighted by Gasteiger charge is -2.20. The molecule has 0 aromatic heterocycles. The van der Waals surface area contributed by atoms with E-state index in [-0.39, 0.29) is 6.61 Å². The van der Waals surface area contributed by atoms with Gasteiger partial charge in [-0.1, -0.05) is 13.8 Å². The molecule has 1 aliphatic rings. The molecule has 0 saturated carbocycles. The molecule has 1 fully saturated rings. The highest BCUT2D eigenvalue weighted by atomic mass is 31.0. The fraction of sp³-hybridized carbons (Fsp3) is 1.00. The minimum absolute atomic E-state index is 0.190. The van der Waals surface area contributed by atoms with Crippen LogP contribution in [0.4, 0.5) is 4.39 Å². The summed E-state index contributed by atoms with van der Waals surface area (Å²) in [4.78, 5) is 0. The number of alkyl halides is 1. The first-order valence-corrected chi connectivity index (χ1v) is 5.31. The molecule has 5 atom stereocenters. The van der Waals surface area contributed by atoms with Gasteiger partial charge in [-0.3, -0.25) is 0 Å². The van der Waals surface area contributed by atoms with Crippen LogP contribution in [-0.4, -0.2) is 35.7 Å². The summed E-state index contributed by atoms with van der Waals surface area (Å²) in [7, 11) is 2.04. The summed E-state index contributed by atoms with van der Waals surface area (Å²) in [5, 5.41) is 9.43. The van der Waals surface area contributed by atoms with E-state index in [2.05, 4.69) is 0 Å². The average molecular weight is 226 g/mol. The van der Waals surface area contributed by atoms with E-state index in [1.54, 1.807) is 6.92 Å². The molecule has 0 bridgehead atoms. The predicted octanol–water partition coefficient (Wildman–Crippen LogP) is 1.70. The number of rotatable bonds is 2. The second kappa shape index (κ2) is 5.96. The maximum absolute atomic E-state index is 13.5. The number of aliphatic hydroxyl groups is 1. The van der Waals surface area contributed by atoms with E-state index in [4.69, 9.17) is 9.26 Å². The third-order valence-electron chi connectivity index (χ3n) is 2.36. The largest absolute Gasteiger partial charge is 0.387 e. The third kappa shape index (κ3) is 2.86. The van der Waals surface area contributed by atoms with Gasteiger partial charge in [0.15, 0.2) is 5.67 Å².